The lowest BCUT2D eigenvalue weighted by molar-refractivity contribution is -0.140. The molecule has 0 amide bonds. The lowest BCUT2D eigenvalue weighted by atomic mass is 10.3. The Bertz CT molecular complexity index is 341. The number of nitrogens with zero attached hydrogens (tertiary/aromatic N) is 3. The lowest BCUT2D eigenvalue weighted by Crippen LogP contribution is -2.23. The molecule has 5 nitrogen and oxygen atoms in total. The Labute approximate surface area is 89.1 Å². The first-order chi connectivity index (χ1) is 7.15. The fourth-order valence-electron chi connectivity index (χ4n) is 1.24. The quantitative estimate of drug-likeness (QED) is 0.686. The van der Waals surface area contributed by atoms with Gasteiger partial charge >= 0.3 is 5.97 Å². The SMILES string of the molecule is COC(=O)CCN(C)c1nccnc1C. The zero-order valence-electron chi connectivity index (χ0n) is 9.23. The minimum absolute atomic E-state index is 0.219. The van der Waals surface area contributed by atoms with Gasteiger partial charge in [-0.15, -0.1) is 0 Å². The van der Waals surface area contributed by atoms with Gasteiger partial charge < -0.3 is 9.64 Å². The third kappa shape index (κ3) is 3.19. The van der Waals surface area contributed by atoms with Gasteiger partial charge in [-0.25, -0.2) is 4.98 Å². The highest BCUT2D eigenvalue weighted by Gasteiger charge is 2.08. The molecule has 1 heterocycles. The number of rotatable bonds is 4. The van der Waals surface area contributed by atoms with Crippen LogP contribution >= 0.6 is 0 Å². The highest BCUT2D eigenvalue weighted by Crippen LogP contribution is 2.11. The number of hydrogen-bond donors (Lipinski definition) is 0. The second kappa shape index (κ2) is 5.29. The van der Waals surface area contributed by atoms with E-state index in [1.165, 1.54) is 7.11 Å². The van der Waals surface area contributed by atoms with Crippen LogP contribution in [0.2, 0.25) is 0 Å². The van der Waals surface area contributed by atoms with Gasteiger partial charge in [0.2, 0.25) is 0 Å². The first kappa shape index (κ1) is 11.4. The first-order valence-electron chi connectivity index (χ1n) is 4.70. The number of aromatic nitrogens is 2. The van der Waals surface area contributed by atoms with E-state index >= 15 is 0 Å². The minimum atomic E-state index is -0.219. The molecule has 0 N–H and O–H groups in total. The molecule has 5 heteroatoms. The average Bonchev–Trinajstić information content (AvgIpc) is 2.26. The number of methoxy groups -OCH3 is 1. The summed E-state index contributed by atoms with van der Waals surface area (Å²) >= 11 is 0. The van der Waals surface area contributed by atoms with Crippen molar-refractivity contribution in [2.45, 2.75) is 13.3 Å². The summed E-state index contributed by atoms with van der Waals surface area (Å²) in [5, 5.41) is 0. The van der Waals surface area contributed by atoms with E-state index in [2.05, 4.69) is 14.7 Å². The molecule has 0 radical (unpaired) electrons. The van der Waals surface area contributed by atoms with Crippen LogP contribution in [0.15, 0.2) is 12.4 Å². The van der Waals surface area contributed by atoms with Crippen LogP contribution < -0.4 is 4.90 Å². The fourth-order valence-corrected chi connectivity index (χ4v) is 1.24. The van der Waals surface area contributed by atoms with Crippen molar-refractivity contribution < 1.29 is 9.53 Å². The molecule has 0 saturated heterocycles. The van der Waals surface area contributed by atoms with Gasteiger partial charge in [-0.1, -0.05) is 0 Å². The van der Waals surface area contributed by atoms with Gasteiger partial charge in [0.1, 0.15) is 5.82 Å². The summed E-state index contributed by atoms with van der Waals surface area (Å²) in [5.74, 6) is 0.574. The van der Waals surface area contributed by atoms with Crippen molar-refractivity contribution in [1.82, 2.24) is 9.97 Å². The van der Waals surface area contributed by atoms with Gasteiger partial charge in [0.05, 0.1) is 19.2 Å². The number of aryl methyl sites for hydroxylation is 1. The molecule has 0 bridgehead atoms. The summed E-state index contributed by atoms with van der Waals surface area (Å²) in [6.45, 7) is 2.46. The smallest absolute Gasteiger partial charge is 0.307 e. The second-order valence-corrected chi connectivity index (χ2v) is 3.21. The Balaban J connectivity index is 2.57. The minimum Gasteiger partial charge on any atom is -0.469 e. The number of carbonyl (C=O) groups is 1. The molecule has 0 aliphatic carbocycles. The molecule has 15 heavy (non-hydrogen) atoms. The van der Waals surface area contributed by atoms with Crippen LogP contribution in [-0.4, -0.2) is 36.6 Å². The molecule has 0 spiro atoms. The van der Waals surface area contributed by atoms with Crippen molar-refractivity contribution in [3.05, 3.63) is 18.1 Å². The van der Waals surface area contributed by atoms with E-state index in [1.54, 1.807) is 12.4 Å². The molecule has 0 unspecified atom stereocenters. The molecule has 0 fully saturated rings. The third-order valence-corrected chi connectivity index (χ3v) is 2.10. The van der Waals surface area contributed by atoms with Crippen molar-refractivity contribution in [2.75, 3.05) is 25.6 Å². The predicted molar refractivity (Wildman–Crippen MR) is 56.7 cm³/mol. The molecular weight excluding hydrogens is 194 g/mol. The fraction of sp³-hybridized carbons (Fsp3) is 0.500. The maximum absolute atomic E-state index is 10.9. The molecule has 0 atom stereocenters. The van der Waals surface area contributed by atoms with Gasteiger partial charge in [-0.2, -0.15) is 0 Å². The largest absolute Gasteiger partial charge is 0.469 e. The van der Waals surface area contributed by atoms with Crippen molar-refractivity contribution >= 4 is 11.8 Å². The van der Waals surface area contributed by atoms with Crippen molar-refractivity contribution in [2.24, 2.45) is 0 Å². The van der Waals surface area contributed by atoms with E-state index in [4.69, 9.17) is 0 Å². The van der Waals surface area contributed by atoms with E-state index in [9.17, 15) is 4.79 Å². The lowest BCUT2D eigenvalue weighted by Gasteiger charge is -2.18. The Hall–Kier alpha value is -1.65. The maximum Gasteiger partial charge on any atom is 0.307 e. The average molecular weight is 209 g/mol. The molecule has 0 aromatic carbocycles. The van der Waals surface area contributed by atoms with Crippen LogP contribution in [0.1, 0.15) is 12.1 Å². The Morgan fingerprint density at radius 3 is 2.73 bits per heavy atom. The van der Waals surface area contributed by atoms with E-state index < -0.39 is 0 Å². The van der Waals surface area contributed by atoms with Crippen LogP contribution in [0.4, 0.5) is 5.82 Å². The van der Waals surface area contributed by atoms with Crippen LogP contribution in [0.3, 0.4) is 0 Å². The van der Waals surface area contributed by atoms with Gasteiger partial charge in [-0.3, -0.25) is 9.78 Å². The van der Waals surface area contributed by atoms with Gasteiger partial charge in [0.25, 0.3) is 0 Å². The molecule has 1 rings (SSSR count). The van der Waals surface area contributed by atoms with Crippen LogP contribution in [-0.2, 0) is 9.53 Å². The molecule has 1 aromatic rings. The topological polar surface area (TPSA) is 55.3 Å². The highest BCUT2D eigenvalue weighted by atomic mass is 16.5. The van der Waals surface area contributed by atoms with Crippen LogP contribution in [0, 0.1) is 6.92 Å². The zero-order valence-corrected chi connectivity index (χ0v) is 9.23. The monoisotopic (exact) mass is 209 g/mol. The molecule has 0 aliphatic heterocycles. The zero-order chi connectivity index (χ0) is 11.3. The molecule has 1 aromatic heterocycles. The number of carbonyl (C=O) groups excluding carboxylic acids is 1. The van der Waals surface area contributed by atoms with Crippen molar-refractivity contribution in [1.29, 1.82) is 0 Å². The summed E-state index contributed by atoms with van der Waals surface area (Å²) in [6.07, 6.45) is 3.63. The number of esters is 1. The summed E-state index contributed by atoms with van der Waals surface area (Å²) in [4.78, 5) is 21.2. The first-order valence-corrected chi connectivity index (χ1v) is 4.70. The summed E-state index contributed by atoms with van der Waals surface area (Å²) in [5.41, 5.74) is 0.852. The molecular formula is C10H15N3O2. The van der Waals surface area contributed by atoms with E-state index in [1.807, 2.05) is 18.9 Å². The van der Waals surface area contributed by atoms with E-state index in [0.717, 1.165) is 11.5 Å². The third-order valence-electron chi connectivity index (χ3n) is 2.10. The normalized spacial score (nSPS) is 9.80. The van der Waals surface area contributed by atoms with Crippen LogP contribution in [0.5, 0.6) is 0 Å². The molecule has 82 valence electrons. The van der Waals surface area contributed by atoms with Crippen molar-refractivity contribution in [3.8, 4) is 0 Å². The maximum atomic E-state index is 10.9. The van der Waals surface area contributed by atoms with Gasteiger partial charge in [0.15, 0.2) is 0 Å². The van der Waals surface area contributed by atoms with Crippen LogP contribution in [0.25, 0.3) is 0 Å². The number of ether oxygens (including phenoxy) is 1. The Morgan fingerprint density at radius 1 is 1.47 bits per heavy atom. The number of anilines is 1. The summed E-state index contributed by atoms with van der Waals surface area (Å²) in [7, 11) is 3.26. The predicted octanol–water partition coefficient (Wildman–Crippen LogP) is 0.784. The summed E-state index contributed by atoms with van der Waals surface area (Å²) in [6, 6.07) is 0. The Morgan fingerprint density at radius 2 is 2.13 bits per heavy atom. The van der Waals surface area contributed by atoms with Gasteiger partial charge in [0, 0.05) is 26.0 Å². The number of hydrogen-bond acceptors (Lipinski definition) is 5. The highest BCUT2D eigenvalue weighted by molar-refractivity contribution is 5.69. The second-order valence-electron chi connectivity index (χ2n) is 3.21. The molecule has 0 saturated carbocycles. The summed E-state index contributed by atoms with van der Waals surface area (Å²) < 4.78 is 4.57. The van der Waals surface area contributed by atoms with Gasteiger partial charge in [-0.05, 0) is 6.92 Å². The Kier molecular flexibility index (Phi) is 4.03. The van der Waals surface area contributed by atoms with E-state index in [0.29, 0.717) is 13.0 Å². The molecule has 0 aliphatic rings. The van der Waals surface area contributed by atoms with E-state index in [-0.39, 0.29) is 5.97 Å². The van der Waals surface area contributed by atoms with Crippen molar-refractivity contribution in [3.63, 3.8) is 0 Å². The standard InChI is InChI=1S/C10H15N3O2/c1-8-10(12-6-5-11-8)13(2)7-4-9(14)15-3/h5-6H,4,7H2,1-3H3.